The summed E-state index contributed by atoms with van der Waals surface area (Å²) in [6.45, 7) is 8.18. The van der Waals surface area contributed by atoms with Gasteiger partial charge in [0.2, 0.25) is 11.8 Å². The highest BCUT2D eigenvalue weighted by atomic mass is 16.5. The highest BCUT2D eigenvalue weighted by Gasteiger charge is 2.41. The van der Waals surface area contributed by atoms with Crippen LogP contribution in [0.25, 0.3) is 22.5 Å². The van der Waals surface area contributed by atoms with Gasteiger partial charge in [0.1, 0.15) is 0 Å². The van der Waals surface area contributed by atoms with Gasteiger partial charge < -0.3 is 70.8 Å². The number of hydrogen-bond acceptors (Lipinski definition) is 18. The Bertz CT molecular complexity index is 3590. The maximum atomic E-state index is 13.2. The van der Waals surface area contributed by atoms with Gasteiger partial charge in [0.15, 0.2) is 5.60 Å². The van der Waals surface area contributed by atoms with Crippen LogP contribution < -0.4 is 31.1 Å². The van der Waals surface area contributed by atoms with Gasteiger partial charge in [-0.2, -0.15) is 0 Å². The molecule has 0 aromatic heterocycles. The molecule has 2 saturated heterocycles. The van der Waals surface area contributed by atoms with E-state index < -0.39 is 48.3 Å². The molecule has 25 heteroatoms. The van der Waals surface area contributed by atoms with Crippen LogP contribution >= 0.6 is 0 Å². The van der Waals surface area contributed by atoms with Gasteiger partial charge in [0, 0.05) is 100 Å². The Labute approximate surface area is 537 Å². The molecule has 4 heterocycles. The van der Waals surface area contributed by atoms with Crippen molar-refractivity contribution < 1.29 is 73.1 Å². The lowest BCUT2D eigenvalue weighted by Crippen LogP contribution is -2.48. The summed E-state index contributed by atoms with van der Waals surface area (Å²) in [5.74, 6) is -6.41. The van der Waals surface area contributed by atoms with Gasteiger partial charge in [0.05, 0.1) is 85.2 Å². The second kappa shape index (κ2) is 31.0. The average Bonchev–Trinajstić information content (AvgIpc) is 1.65. The molecule has 25 nitrogen and oxygen atoms in total. The predicted octanol–water partition coefficient (Wildman–Crippen LogP) is 5.98. The fraction of sp³-hybridized carbons (Fsp3) is 0.279. The Morgan fingerprint density at radius 2 is 0.839 bits per heavy atom. The molecular weight excluding hydrogens is 1200 g/mol. The van der Waals surface area contributed by atoms with E-state index in [0.29, 0.717) is 69.3 Å². The van der Waals surface area contributed by atoms with Gasteiger partial charge >= 0.3 is 29.8 Å². The van der Waals surface area contributed by atoms with Crippen LogP contribution in [0.1, 0.15) is 55.8 Å². The van der Waals surface area contributed by atoms with Crippen LogP contribution in [0.3, 0.4) is 0 Å². The summed E-state index contributed by atoms with van der Waals surface area (Å²) in [5.41, 5.74) is 7.46. The van der Waals surface area contributed by atoms with Crippen LogP contribution in [0.15, 0.2) is 146 Å². The Balaban J connectivity index is 0.000000201. The zero-order valence-corrected chi connectivity index (χ0v) is 52.3. The molecule has 2 fully saturated rings. The molecule has 6 aromatic rings. The quantitative estimate of drug-likeness (QED) is 0.0341. The van der Waals surface area contributed by atoms with Crippen LogP contribution in [0.5, 0.6) is 0 Å². The molecular formula is C68H74N10O15. The number of carbonyl (C=O) groups excluding carboxylic acids is 6. The summed E-state index contributed by atoms with van der Waals surface area (Å²) in [5, 5.41) is 46.4. The summed E-state index contributed by atoms with van der Waals surface area (Å²) in [7, 11) is 10.4. The van der Waals surface area contributed by atoms with Crippen LogP contribution in [0.2, 0.25) is 0 Å². The van der Waals surface area contributed by atoms with Crippen molar-refractivity contribution in [2.24, 2.45) is 0 Å². The number of nitrogens with zero attached hydrogens (tertiary/aromatic N) is 6. The minimum atomic E-state index is -2.74. The topological polar surface area (TPSA) is 321 Å². The Morgan fingerprint density at radius 1 is 0.495 bits per heavy atom. The lowest BCUT2D eigenvalue weighted by atomic mass is 9.96. The van der Waals surface area contributed by atoms with Gasteiger partial charge in [-0.1, -0.05) is 72.8 Å². The van der Waals surface area contributed by atoms with E-state index >= 15 is 0 Å². The maximum absolute atomic E-state index is 13.2. The summed E-state index contributed by atoms with van der Waals surface area (Å²) in [6, 6.07) is 44.4. The number of carboxylic acid groups (broad SMARTS) is 3. The number of carboxylic acids is 3. The molecule has 8 N–H and O–H groups in total. The number of hydrogen-bond donors (Lipinski definition) is 8. The maximum Gasteiger partial charge on any atom is 0.337 e. The number of anilines is 6. The Kier molecular flexibility index (Phi) is 22.8. The van der Waals surface area contributed by atoms with Crippen molar-refractivity contribution in [3.05, 3.63) is 179 Å². The number of aliphatic carboxylic acids is 3. The summed E-state index contributed by atoms with van der Waals surface area (Å²) in [6.07, 6.45) is -2.29. The SMILES string of the molecule is COC(=O)c1ccc2c(c1)NC(=O)C2=C(Nc1ccc(N(C)C(=O)CN2CCN(C)CC2)cc1)c1ccccc1.COC(=O)c1ccc2c(c1)NC(=O)C2=C(Nc1ccc(N(C)C(=O)CN2CCN(C)CC2)cc1)c1ccccc1.O=C(O)CC(O)(CC(=O)O)C(=O)O. The van der Waals surface area contributed by atoms with Crippen molar-refractivity contribution in [2.75, 3.05) is 139 Å². The fourth-order valence-corrected chi connectivity index (χ4v) is 10.5. The molecule has 4 amide bonds. The highest BCUT2D eigenvalue weighted by Crippen LogP contribution is 2.40. The first-order chi connectivity index (χ1) is 44.4. The number of nitrogens with one attached hydrogen (secondary N) is 4. The smallest absolute Gasteiger partial charge is 0.337 e. The first kappa shape index (κ1) is 68.3. The number of aliphatic hydroxyl groups is 1. The largest absolute Gasteiger partial charge is 0.481 e. The summed E-state index contributed by atoms with van der Waals surface area (Å²) < 4.78 is 9.65. The van der Waals surface area contributed by atoms with E-state index in [4.69, 9.17) is 29.9 Å². The first-order valence-corrected chi connectivity index (χ1v) is 29.6. The minimum Gasteiger partial charge on any atom is -0.481 e. The van der Waals surface area contributed by atoms with Crippen molar-refractivity contribution in [3.63, 3.8) is 0 Å². The molecule has 93 heavy (non-hydrogen) atoms. The van der Waals surface area contributed by atoms with E-state index in [1.54, 1.807) is 60.3 Å². The molecule has 0 unspecified atom stereocenters. The van der Waals surface area contributed by atoms with Crippen molar-refractivity contribution in [2.45, 2.75) is 18.4 Å². The lowest BCUT2D eigenvalue weighted by molar-refractivity contribution is -0.170. The molecule has 0 spiro atoms. The van der Waals surface area contributed by atoms with E-state index in [1.165, 1.54) is 14.2 Å². The number of amides is 4. The molecule has 0 aliphatic carbocycles. The van der Waals surface area contributed by atoms with E-state index in [0.717, 1.165) is 86.2 Å². The standard InChI is InChI=1S/2C31H33N5O4.C6H8O7/c2*1-34-15-17-36(18-16-34)20-27(37)35(2)24-12-10-23(11-13-24)32-29(21-7-5-4-6-8-21)28-25-14-9-22(31(39)40-3)19-26(25)33-30(28)38;7-3(8)1-6(13,5(11)12)2-4(9)10/h2*4-14,19,32H,15-18,20H2,1-3H3,(H,33,38);13H,1-2H2,(H,7,8)(H,9,10)(H,11,12). The predicted molar refractivity (Wildman–Crippen MR) is 351 cm³/mol. The average molecular weight is 1270 g/mol. The van der Waals surface area contributed by atoms with Gasteiger partial charge in [-0.05, 0) is 98.0 Å². The van der Waals surface area contributed by atoms with Gasteiger partial charge in [-0.15, -0.1) is 0 Å². The fourth-order valence-electron chi connectivity index (χ4n) is 10.5. The molecule has 486 valence electrons. The van der Waals surface area contributed by atoms with E-state index in [-0.39, 0.29) is 23.6 Å². The number of benzene rings is 6. The first-order valence-electron chi connectivity index (χ1n) is 29.6. The van der Waals surface area contributed by atoms with Crippen LogP contribution in [-0.2, 0) is 43.0 Å². The monoisotopic (exact) mass is 1270 g/mol. The molecule has 10 rings (SSSR count). The number of likely N-dealkylation sites (N-methyl/N-ethyl adjacent to an activating group) is 4. The second-order valence-corrected chi connectivity index (χ2v) is 22.5. The number of carbonyl (C=O) groups is 9. The number of rotatable bonds is 19. The van der Waals surface area contributed by atoms with Crippen LogP contribution in [0.4, 0.5) is 34.1 Å². The summed E-state index contributed by atoms with van der Waals surface area (Å²) in [4.78, 5) is 119. The number of piperazine rings is 2. The molecule has 0 atom stereocenters. The highest BCUT2D eigenvalue weighted by molar-refractivity contribution is 6.38. The third-order valence-electron chi connectivity index (χ3n) is 16.0. The molecule has 4 aliphatic heterocycles. The molecule has 0 saturated carbocycles. The van der Waals surface area contributed by atoms with E-state index in [2.05, 4.69) is 55.0 Å². The Morgan fingerprint density at radius 3 is 1.15 bits per heavy atom. The third kappa shape index (κ3) is 17.5. The van der Waals surface area contributed by atoms with Crippen molar-refractivity contribution in [1.82, 2.24) is 19.6 Å². The zero-order chi connectivity index (χ0) is 67.1. The van der Waals surface area contributed by atoms with Gasteiger partial charge in [-0.3, -0.25) is 38.6 Å². The van der Waals surface area contributed by atoms with E-state index in [1.807, 2.05) is 109 Å². The Hall–Kier alpha value is -10.6. The molecule has 6 aromatic carbocycles. The number of fused-ring (bicyclic) bond motifs is 2. The normalized spacial score (nSPS) is 15.8. The van der Waals surface area contributed by atoms with E-state index in [9.17, 15) is 43.2 Å². The van der Waals surface area contributed by atoms with Gasteiger partial charge in [0.25, 0.3) is 11.8 Å². The minimum absolute atomic E-state index is 0.0444. The third-order valence-corrected chi connectivity index (χ3v) is 16.0. The van der Waals surface area contributed by atoms with Crippen molar-refractivity contribution in [1.29, 1.82) is 0 Å². The molecule has 0 radical (unpaired) electrons. The van der Waals surface area contributed by atoms with Crippen LogP contribution in [0, 0.1) is 0 Å². The van der Waals surface area contributed by atoms with Gasteiger partial charge in [-0.25, -0.2) is 14.4 Å². The second-order valence-electron chi connectivity index (χ2n) is 22.5. The van der Waals surface area contributed by atoms with Crippen molar-refractivity contribution >= 4 is 110 Å². The molecule has 0 bridgehead atoms. The number of esters is 2. The molecule has 4 aliphatic rings. The van der Waals surface area contributed by atoms with Crippen LogP contribution in [-0.4, -0.2) is 207 Å². The number of ether oxygens (including phenoxy) is 2. The summed E-state index contributed by atoms with van der Waals surface area (Å²) >= 11 is 0. The number of methoxy groups -OCH3 is 2. The lowest BCUT2D eigenvalue weighted by Gasteiger charge is -2.32. The zero-order valence-electron chi connectivity index (χ0n) is 52.3. The van der Waals surface area contributed by atoms with Crippen molar-refractivity contribution in [3.8, 4) is 0 Å².